The number of carbonyl (C=O) groups is 1. The number of rotatable bonds is 7. The minimum atomic E-state index is -0.307. The maximum absolute atomic E-state index is 13.1. The average molecular weight is 473 g/mol. The second-order valence-electron chi connectivity index (χ2n) is 8.50. The molecule has 1 N–H and O–H groups in total. The maximum Gasteiger partial charge on any atom is 0.241 e. The molecule has 1 aromatic heterocycles. The molecule has 1 fully saturated rings. The third-order valence-electron chi connectivity index (χ3n) is 5.99. The van der Waals surface area contributed by atoms with Crippen molar-refractivity contribution in [2.75, 3.05) is 18.4 Å². The standard InChI is InChI=1S/C27H25FN4O3/c28-21-8-6-19(7-9-21)26-30-25(35-31-26)18-32-16-14-20(15-17-32)27(33)29-22-10-12-24(13-11-22)34-23-4-2-1-3-5-23/h1-13,20H,14-18H2,(H,29,33). The fraction of sp³-hybridized carbons (Fsp3) is 0.222. The number of aromatic nitrogens is 2. The minimum absolute atomic E-state index is 0.0257. The molecule has 0 spiro atoms. The number of hydrogen-bond donors (Lipinski definition) is 1. The number of likely N-dealkylation sites (tertiary alicyclic amines) is 1. The Bertz CT molecular complexity index is 1250. The molecule has 2 heterocycles. The molecule has 7 nitrogen and oxygen atoms in total. The van der Waals surface area contributed by atoms with Crippen molar-refractivity contribution in [1.29, 1.82) is 0 Å². The fourth-order valence-electron chi connectivity index (χ4n) is 4.06. The largest absolute Gasteiger partial charge is 0.457 e. The van der Waals surface area contributed by atoms with E-state index in [1.54, 1.807) is 12.1 Å². The van der Waals surface area contributed by atoms with Crippen LogP contribution in [-0.4, -0.2) is 34.0 Å². The molecule has 0 unspecified atom stereocenters. The van der Waals surface area contributed by atoms with Gasteiger partial charge >= 0.3 is 0 Å². The van der Waals surface area contributed by atoms with Gasteiger partial charge in [0.2, 0.25) is 17.6 Å². The van der Waals surface area contributed by atoms with Gasteiger partial charge in [-0.25, -0.2) is 4.39 Å². The molecule has 0 radical (unpaired) electrons. The lowest BCUT2D eigenvalue weighted by Crippen LogP contribution is -2.37. The fourth-order valence-corrected chi connectivity index (χ4v) is 4.06. The van der Waals surface area contributed by atoms with Gasteiger partial charge in [-0.2, -0.15) is 4.98 Å². The van der Waals surface area contributed by atoms with Crippen molar-refractivity contribution in [2.24, 2.45) is 5.92 Å². The maximum atomic E-state index is 13.1. The van der Waals surface area contributed by atoms with Crippen molar-refractivity contribution >= 4 is 11.6 Å². The number of benzene rings is 3. The number of piperidine rings is 1. The second kappa shape index (κ2) is 10.5. The molecular weight excluding hydrogens is 447 g/mol. The Balaban J connectivity index is 1.09. The Morgan fingerprint density at radius 3 is 2.37 bits per heavy atom. The summed E-state index contributed by atoms with van der Waals surface area (Å²) in [7, 11) is 0. The molecule has 1 aliphatic rings. The Morgan fingerprint density at radius 2 is 1.66 bits per heavy atom. The van der Waals surface area contributed by atoms with Gasteiger partial charge in [0.1, 0.15) is 17.3 Å². The van der Waals surface area contributed by atoms with Crippen molar-refractivity contribution in [2.45, 2.75) is 19.4 Å². The number of halogens is 1. The summed E-state index contributed by atoms with van der Waals surface area (Å²) in [6.45, 7) is 2.04. The van der Waals surface area contributed by atoms with E-state index in [1.165, 1.54) is 12.1 Å². The lowest BCUT2D eigenvalue weighted by Gasteiger charge is -2.30. The van der Waals surface area contributed by atoms with Crippen LogP contribution in [0.15, 0.2) is 83.4 Å². The van der Waals surface area contributed by atoms with E-state index in [9.17, 15) is 9.18 Å². The number of para-hydroxylation sites is 1. The zero-order valence-electron chi connectivity index (χ0n) is 19.1. The van der Waals surface area contributed by atoms with E-state index in [2.05, 4.69) is 20.4 Å². The quantitative estimate of drug-likeness (QED) is 0.382. The van der Waals surface area contributed by atoms with E-state index < -0.39 is 0 Å². The normalized spacial score (nSPS) is 14.5. The van der Waals surface area contributed by atoms with Crippen LogP contribution in [0.25, 0.3) is 11.4 Å². The van der Waals surface area contributed by atoms with Gasteiger partial charge in [0, 0.05) is 17.2 Å². The first-order valence-electron chi connectivity index (χ1n) is 11.6. The molecule has 5 rings (SSSR count). The zero-order valence-corrected chi connectivity index (χ0v) is 19.1. The monoisotopic (exact) mass is 472 g/mol. The van der Waals surface area contributed by atoms with E-state index in [4.69, 9.17) is 9.26 Å². The molecule has 0 bridgehead atoms. The van der Waals surface area contributed by atoms with Crippen molar-refractivity contribution in [1.82, 2.24) is 15.0 Å². The molecule has 0 atom stereocenters. The van der Waals surface area contributed by atoms with Gasteiger partial charge in [-0.15, -0.1) is 0 Å². The zero-order chi connectivity index (χ0) is 24.0. The predicted molar refractivity (Wildman–Crippen MR) is 129 cm³/mol. The van der Waals surface area contributed by atoms with Crippen LogP contribution >= 0.6 is 0 Å². The third-order valence-corrected chi connectivity index (χ3v) is 5.99. The molecule has 0 saturated carbocycles. The smallest absolute Gasteiger partial charge is 0.241 e. The Kier molecular flexibility index (Phi) is 6.81. The van der Waals surface area contributed by atoms with Crippen LogP contribution in [0.3, 0.4) is 0 Å². The first kappa shape index (κ1) is 22.7. The highest BCUT2D eigenvalue weighted by atomic mass is 19.1. The second-order valence-corrected chi connectivity index (χ2v) is 8.50. The number of hydrogen-bond acceptors (Lipinski definition) is 6. The highest BCUT2D eigenvalue weighted by Gasteiger charge is 2.26. The molecule has 1 saturated heterocycles. The summed E-state index contributed by atoms with van der Waals surface area (Å²) in [5.74, 6) is 2.09. The van der Waals surface area contributed by atoms with E-state index in [0.717, 1.165) is 37.4 Å². The van der Waals surface area contributed by atoms with Crippen LogP contribution in [0.5, 0.6) is 11.5 Å². The van der Waals surface area contributed by atoms with Crippen molar-refractivity contribution in [3.63, 3.8) is 0 Å². The van der Waals surface area contributed by atoms with Crippen LogP contribution in [0.1, 0.15) is 18.7 Å². The molecule has 4 aromatic rings. The summed E-state index contributed by atoms with van der Waals surface area (Å²) in [6.07, 6.45) is 1.50. The van der Waals surface area contributed by atoms with Crippen LogP contribution in [0.2, 0.25) is 0 Å². The van der Waals surface area contributed by atoms with Gasteiger partial charge in [-0.1, -0.05) is 23.4 Å². The number of nitrogens with zero attached hydrogens (tertiary/aromatic N) is 3. The van der Waals surface area contributed by atoms with Crippen LogP contribution in [-0.2, 0) is 11.3 Å². The molecule has 3 aromatic carbocycles. The molecule has 178 valence electrons. The highest BCUT2D eigenvalue weighted by Crippen LogP contribution is 2.25. The summed E-state index contributed by atoms with van der Waals surface area (Å²) >= 11 is 0. The van der Waals surface area contributed by atoms with Crippen LogP contribution in [0, 0.1) is 11.7 Å². The lowest BCUT2D eigenvalue weighted by molar-refractivity contribution is -0.121. The number of carbonyl (C=O) groups excluding carboxylic acids is 1. The van der Waals surface area contributed by atoms with Crippen LogP contribution < -0.4 is 10.1 Å². The molecule has 35 heavy (non-hydrogen) atoms. The first-order valence-corrected chi connectivity index (χ1v) is 11.6. The third kappa shape index (κ3) is 5.91. The topological polar surface area (TPSA) is 80.5 Å². The van der Waals surface area contributed by atoms with E-state index in [1.807, 2.05) is 54.6 Å². The summed E-state index contributed by atoms with van der Waals surface area (Å²) in [4.78, 5) is 19.4. The Labute approximate surface area is 202 Å². The number of ether oxygens (including phenoxy) is 1. The molecular formula is C27H25FN4O3. The van der Waals surface area contributed by atoms with Gasteiger partial charge in [-0.05, 0) is 86.6 Å². The molecule has 1 aliphatic heterocycles. The number of amides is 1. The SMILES string of the molecule is O=C(Nc1ccc(Oc2ccccc2)cc1)C1CCN(Cc2nc(-c3ccc(F)cc3)no2)CC1. The van der Waals surface area contributed by atoms with Gasteiger partial charge in [0.25, 0.3) is 0 Å². The highest BCUT2D eigenvalue weighted by molar-refractivity contribution is 5.92. The summed E-state index contributed by atoms with van der Waals surface area (Å²) in [6, 6.07) is 22.9. The summed E-state index contributed by atoms with van der Waals surface area (Å²) < 4.78 is 24.3. The molecule has 1 amide bonds. The van der Waals surface area contributed by atoms with Crippen molar-refractivity contribution < 1.29 is 18.4 Å². The molecule has 8 heteroatoms. The van der Waals surface area contributed by atoms with Gasteiger partial charge in [0.15, 0.2) is 0 Å². The number of anilines is 1. The first-order chi connectivity index (χ1) is 17.1. The van der Waals surface area contributed by atoms with Gasteiger partial charge in [-0.3, -0.25) is 9.69 Å². The Hall–Kier alpha value is -4.04. The summed E-state index contributed by atoms with van der Waals surface area (Å²) in [5.41, 5.74) is 1.45. The van der Waals surface area contributed by atoms with Crippen molar-refractivity contribution in [3.8, 4) is 22.9 Å². The van der Waals surface area contributed by atoms with E-state index in [-0.39, 0.29) is 17.6 Å². The van der Waals surface area contributed by atoms with E-state index >= 15 is 0 Å². The van der Waals surface area contributed by atoms with Gasteiger partial charge in [0.05, 0.1) is 6.54 Å². The van der Waals surface area contributed by atoms with E-state index in [0.29, 0.717) is 29.6 Å². The predicted octanol–water partition coefficient (Wildman–Crippen LogP) is 5.52. The Morgan fingerprint density at radius 1 is 0.971 bits per heavy atom. The van der Waals surface area contributed by atoms with Gasteiger partial charge < -0.3 is 14.6 Å². The summed E-state index contributed by atoms with van der Waals surface area (Å²) in [5, 5.41) is 7.00. The lowest BCUT2D eigenvalue weighted by atomic mass is 9.96. The number of nitrogens with one attached hydrogen (secondary N) is 1. The average Bonchev–Trinajstić information content (AvgIpc) is 3.35. The van der Waals surface area contributed by atoms with Crippen molar-refractivity contribution in [3.05, 3.63) is 90.6 Å². The van der Waals surface area contributed by atoms with Crippen LogP contribution in [0.4, 0.5) is 10.1 Å². The minimum Gasteiger partial charge on any atom is -0.457 e. The molecule has 0 aliphatic carbocycles.